The Bertz CT molecular complexity index is 1140. The molecule has 5 heteroatoms. The van der Waals surface area contributed by atoms with Crippen LogP contribution in [0, 0.1) is 0 Å². The Kier molecular flexibility index (Phi) is 3.60. The minimum absolute atomic E-state index is 0.0812. The number of aryl methyl sites for hydroxylation is 1. The molecule has 0 atom stereocenters. The normalized spacial score (nSPS) is 13.7. The predicted molar refractivity (Wildman–Crippen MR) is 105 cm³/mol. The second kappa shape index (κ2) is 6.13. The molecule has 5 nitrogen and oxygen atoms in total. The van der Waals surface area contributed by atoms with Gasteiger partial charge < -0.3 is 9.47 Å². The van der Waals surface area contributed by atoms with Gasteiger partial charge in [-0.05, 0) is 6.07 Å². The van der Waals surface area contributed by atoms with Crippen LogP contribution in [0.1, 0.15) is 21.6 Å². The van der Waals surface area contributed by atoms with Crippen molar-refractivity contribution in [1.82, 2.24) is 19.7 Å². The van der Waals surface area contributed by atoms with Crippen molar-refractivity contribution in [2.45, 2.75) is 13.0 Å². The lowest BCUT2D eigenvalue weighted by Gasteiger charge is -2.27. The van der Waals surface area contributed by atoms with Crippen molar-refractivity contribution < 1.29 is 4.79 Å². The highest BCUT2D eigenvalue weighted by molar-refractivity contribution is 6.07. The molecule has 0 spiro atoms. The zero-order valence-corrected chi connectivity index (χ0v) is 15.1. The van der Waals surface area contributed by atoms with Gasteiger partial charge in [-0.25, -0.2) is 0 Å². The van der Waals surface area contributed by atoms with Crippen molar-refractivity contribution >= 4 is 16.8 Å². The Morgan fingerprint density at radius 1 is 1.07 bits per heavy atom. The van der Waals surface area contributed by atoms with E-state index in [2.05, 4.69) is 22.3 Å². The maximum atomic E-state index is 13.3. The van der Waals surface area contributed by atoms with Gasteiger partial charge in [-0.15, -0.1) is 0 Å². The average molecular weight is 356 g/mol. The first-order chi connectivity index (χ1) is 13.2. The third-order valence-electron chi connectivity index (χ3n) is 5.40. The summed E-state index contributed by atoms with van der Waals surface area (Å²) in [6.07, 6.45) is 2.74. The molecule has 0 bridgehead atoms. The van der Waals surface area contributed by atoms with Crippen LogP contribution in [0.25, 0.3) is 22.2 Å². The number of fused-ring (bicyclic) bond motifs is 2. The van der Waals surface area contributed by atoms with E-state index in [0.717, 1.165) is 45.4 Å². The van der Waals surface area contributed by atoms with Gasteiger partial charge in [0, 0.05) is 60.5 Å². The van der Waals surface area contributed by atoms with Crippen LogP contribution in [-0.2, 0) is 20.0 Å². The second-order valence-electron chi connectivity index (χ2n) is 7.04. The lowest BCUT2D eigenvalue weighted by Crippen LogP contribution is -2.35. The highest BCUT2D eigenvalue weighted by atomic mass is 16.2. The zero-order valence-electron chi connectivity index (χ0n) is 15.1. The van der Waals surface area contributed by atoms with E-state index in [4.69, 9.17) is 0 Å². The van der Waals surface area contributed by atoms with Gasteiger partial charge in [-0.2, -0.15) is 5.10 Å². The van der Waals surface area contributed by atoms with Crippen molar-refractivity contribution in [3.63, 3.8) is 0 Å². The average Bonchev–Trinajstić information content (AvgIpc) is 3.29. The molecule has 0 saturated carbocycles. The van der Waals surface area contributed by atoms with Crippen LogP contribution in [0.3, 0.4) is 0 Å². The first-order valence-corrected chi connectivity index (χ1v) is 9.17. The molecule has 4 aromatic rings. The molecule has 3 heterocycles. The van der Waals surface area contributed by atoms with E-state index in [1.54, 1.807) is 0 Å². The van der Waals surface area contributed by atoms with Crippen LogP contribution in [0.2, 0.25) is 0 Å². The molecule has 0 aliphatic carbocycles. The first kappa shape index (κ1) is 15.9. The minimum Gasteiger partial charge on any atom is -0.350 e. The molecule has 0 fully saturated rings. The summed E-state index contributed by atoms with van der Waals surface area (Å²) in [5.74, 6) is 0.0812. The molecule has 5 rings (SSSR count). The van der Waals surface area contributed by atoms with Gasteiger partial charge in [0.15, 0.2) is 0 Å². The molecule has 134 valence electrons. The number of rotatable bonds is 2. The molecule has 0 unspecified atom stereocenters. The molecule has 0 radical (unpaired) electrons. The molecule has 1 aliphatic heterocycles. The molecular weight excluding hydrogens is 336 g/mol. The molecule has 1 N–H and O–H groups in total. The number of hydrogen-bond donors (Lipinski definition) is 1. The summed E-state index contributed by atoms with van der Waals surface area (Å²) in [5, 5.41) is 8.69. The van der Waals surface area contributed by atoms with Gasteiger partial charge in [0.25, 0.3) is 5.91 Å². The Labute approximate surface area is 157 Å². The monoisotopic (exact) mass is 356 g/mol. The number of aromatic nitrogens is 3. The standard InChI is InChI=1S/C22H20N4O/c1-25-13-17(16-9-5-6-10-20(16)25)22(27)26-12-11-19-18(14-26)21(24-23-19)15-7-3-2-4-8-15/h2-10,13H,11-12,14H2,1H3,(H,23,24). The van der Waals surface area contributed by atoms with Crippen LogP contribution in [0.15, 0.2) is 60.8 Å². The van der Waals surface area contributed by atoms with E-state index >= 15 is 0 Å². The van der Waals surface area contributed by atoms with Gasteiger partial charge in [-0.3, -0.25) is 9.89 Å². The molecular formula is C22H20N4O. The summed E-state index contributed by atoms with van der Waals surface area (Å²) in [7, 11) is 1.98. The van der Waals surface area contributed by atoms with Crippen molar-refractivity contribution in [1.29, 1.82) is 0 Å². The third kappa shape index (κ3) is 2.54. The maximum absolute atomic E-state index is 13.3. The number of amides is 1. The topological polar surface area (TPSA) is 53.9 Å². The molecule has 1 amide bonds. The molecule has 2 aromatic carbocycles. The number of carbonyl (C=O) groups is 1. The number of nitrogens with one attached hydrogen (secondary N) is 1. The van der Waals surface area contributed by atoms with Crippen molar-refractivity contribution in [3.8, 4) is 11.3 Å². The smallest absolute Gasteiger partial charge is 0.256 e. The molecule has 0 saturated heterocycles. The number of carbonyl (C=O) groups excluding carboxylic acids is 1. The summed E-state index contributed by atoms with van der Waals surface area (Å²) in [5.41, 5.74) is 6.13. The SMILES string of the molecule is Cn1cc(C(=O)N2CCc3[nH]nc(-c4ccccc4)c3C2)c2ccccc21. The van der Waals surface area contributed by atoms with E-state index in [1.807, 2.05) is 65.2 Å². The summed E-state index contributed by atoms with van der Waals surface area (Å²) in [4.78, 5) is 15.2. The van der Waals surface area contributed by atoms with E-state index in [-0.39, 0.29) is 5.91 Å². The summed E-state index contributed by atoms with van der Waals surface area (Å²) in [6, 6.07) is 18.2. The van der Waals surface area contributed by atoms with Crippen molar-refractivity contribution in [2.75, 3.05) is 6.54 Å². The van der Waals surface area contributed by atoms with Crippen LogP contribution in [0.4, 0.5) is 0 Å². The first-order valence-electron chi connectivity index (χ1n) is 9.17. The van der Waals surface area contributed by atoms with Crippen molar-refractivity contribution in [3.05, 3.63) is 77.6 Å². The van der Waals surface area contributed by atoms with E-state index in [0.29, 0.717) is 13.1 Å². The Hall–Kier alpha value is -3.34. The highest BCUT2D eigenvalue weighted by Crippen LogP contribution is 2.30. The predicted octanol–water partition coefficient (Wildman–Crippen LogP) is 3.77. The summed E-state index contributed by atoms with van der Waals surface area (Å²) in [6.45, 7) is 1.28. The Morgan fingerprint density at radius 3 is 2.70 bits per heavy atom. The number of hydrogen-bond acceptors (Lipinski definition) is 2. The van der Waals surface area contributed by atoms with Gasteiger partial charge >= 0.3 is 0 Å². The van der Waals surface area contributed by atoms with Crippen LogP contribution in [-0.4, -0.2) is 32.1 Å². The largest absolute Gasteiger partial charge is 0.350 e. The fourth-order valence-electron chi connectivity index (χ4n) is 3.99. The number of benzene rings is 2. The van der Waals surface area contributed by atoms with Crippen LogP contribution in [0.5, 0.6) is 0 Å². The van der Waals surface area contributed by atoms with Crippen LogP contribution < -0.4 is 0 Å². The van der Waals surface area contributed by atoms with Crippen LogP contribution >= 0.6 is 0 Å². The van der Waals surface area contributed by atoms with E-state index in [1.165, 1.54) is 0 Å². The number of H-pyrrole nitrogens is 1. The van der Waals surface area contributed by atoms with Gasteiger partial charge in [0.2, 0.25) is 0 Å². The quantitative estimate of drug-likeness (QED) is 0.594. The zero-order chi connectivity index (χ0) is 18.4. The Balaban J connectivity index is 1.50. The molecule has 27 heavy (non-hydrogen) atoms. The number of nitrogens with zero attached hydrogens (tertiary/aromatic N) is 3. The summed E-state index contributed by atoms with van der Waals surface area (Å²) >= 11 is 0. The lowest BCUT2D eigenvalue weighted by molar-refractivity contribution is 0.0736. The minimum atomic E-state index is 0.0812. The molecule has 1 aliphatic rings. The van der Waals surface area contributed by atoms with Gasteiger partial charge in [-0.1, -0.05) is 48.5 Å². The van der Waals surface area contributed by atoms with Crippen molar-refractivity contribution in [2.24, 2.45) is 7.05 Å². The summed E-state index contributed by atoms with van der Waals surface area (Å²) < 4.78 is 2.02. The fourth-order valence-corrected chi connectivity index (χ4v) is 3.99. The second-order valence-corrected chi connectivity index (χ2v) is 7.04. The Morgan fingerprint density at radius 2 is 1.85 bits per heavy atom. The highest BCUT2D eigenvalue weighted by Gasteiger charge is 2.27. The fraction of sp³-hybridized carbons (Fsp3) is 0.182. The van der Waals surface area contributed by atoms with Gasteiger partial charge in [0.05, 0.1) is 11.3 Å². The third-order valence-corrected chi connectivity index (χ3v) is 5.40. The van der Waals surface area contributed by atoms with Gasteiger partial charge in [0.1, 0.15) is 0 Å². The number of aromatic amines is 1. The van der Waals surface area contributed by atoms with E-state index < -0.39 is 0 Å². The molecule has 2 aromatic heterocycles. The number of para-hydroxylation sites is 1. The van der Waals surface area contributed by atoms with E-state index in [9.17, 15) is 4.79 Å². The lowest BCUT2D eigenvalue weighted by atomic mass is 10.0. The maximum Gasteiger partial charge on any atom is 0.256 e.